The first-order valence-corrected chi connectivity index (χ1v) is 9.56. The Bertz CT molecular complexity index is 914. The van der Waals surface area contributed by atoms with Gasteiger partial charge < -0.3 is 5.32 Å². The summed E-state index contributed by atoms with van der Waals surface area (Å²) in [6, 6.07) is 10.2. The highest BCUT2D eigenvalue weighted by Gasteiger charge is 2.30. The summed E-state index contributed by atoms with van der Waals surface area (Å²) >= 11 is 6.03. The van der Waals surface area contributed by atoms with E-state index in [2.05, 4.69) is 10.0 Å². The van der Waals surface area contributed by atoms with E-state index in [1.165, 1.54) is 6.07 Å². The molecule has 0 aromatic heterocycles. The molecule has 1 aliphatic rings. The van der Waals surface area contributed by atoms with Gasteiger partial charge in [0, 0.05) is 23.2 Å². The van der Waals surface area contributed by atoms with E-state index in [-0.39, 0.29) is 18.2 Å². The molecule has 2 N–H and O–H groups in total. The molecule has 0 spiro atoms. The molecule has 132 valence electrons. The second kappa shape index (κ2) is 7.11. The summed E-state index contributed by atoms with van der Waals surface area (Å²) in [4.78, 5) is 11.7. The van der Waals surface area contributed by atoms with Crippen LogP contribution in [0.25, 0.3) is 0 Å². The Morgan fingerprint density at radius 2 is 1.92 bits per heavy atom. The van der Waals surface area contributed by atoms with E-state index in [9.17, 15) is 17.6 Å². The zero-order chi connectivity index (χ0) is 18.0. The number of carbonyl (C=O) groups is 1. The maximum atomic E-state index is 13.9. The molecule has 1 fully saturated rings. The molecule has 0 radical (unpaired) electrons. The van der Waals surface area contributed by atoms with Gasteiger partial charge in [-0.25, -0.2) is 17.5 Å². The van der Waals surface area contributed by atoms with Crippen LogP contribution < -0.4 is 10.0 Å². The normalized spacial score (nSPS) is 14.3. The van der Waals surface area contributed by atoms with E-state index in [0.717, 1.165) is 30.5 Å². The third-order valence-electron chi connectivity index (χ3n) is 3.78. The van der Waals surface area contributed by atoms with Gasteiger partial charge >= 0.3 is 0 Å². The molecule has 1 amide bonds. The standard InChI is InChI=1S/C17H16ClFN2O3S/c18-14-4-2-1-3-12(14)10-20-17(22)11-5-8-15(19)16(9-11)25(23,24)21-13-6-7-13/h1-5,8-9,13,21H,6-7,10H2,(H,20,22). The summed E-state index contributed by atoms with van der Waals surface area (Å²) in [5.41, 5.74) is 0.785. The summed E-state index contributed by atoms with van der Waals surface area (Å²) in [6.07, 6.45) is 1.47. The third-order valence-corrected chi connectivity index (χ3v) is 5.68. The molecule has 0 saturated heterocycles. The van der Waals surface area contributed by atoms with Crippen LogP contribution in [0, 0.1) is 5.82 Å². The van der Waals surface area contributed by atoms with Crippen LogP contribution in [0.2, 0.25) is 5.02 Å². The molecule has 0 heterocycles. The Kier molecular flexibility index (Phi) is 5.08. The van der Waals surface area contributed by atoms with Crippen LogP contribution in [0.3, 0.4) is 0 Å². The fourth-order valence-electron chi connectivity index (χ4n) is 2.25. The van der Waals surface area contributed by atoms with Crippen LogP contribution in [0.5, 0.6) is 0 Å². The van der Waals surface area contributed by atoms with Crippen molar-refractivity contribution in [1.82, 2.24) is 10.0 Å². The Balaban J connectivity index is 1.77. The van der Waals surface area contributed by atoms with Crippen molar-refractivity contribution >= 4 is 27.5 Å². The van der Waals surface area contributed by atoms with Gasteiger partial charge in [-0.3, -0.25) is 4.79 Å². The van der Waals surface area contributed by atoms with Crippen molar-refractivity contribution in [2.24, 2.45) is 0 Å². The molecule has 0 bridgehead atoms. The SMILES string of the molecule is O=C(NCc1ccccc1Cl)c1ccc(F)c(S(=O)(=O)NC2CC2)c1. The maximum Gasteiger partial charge on any atom is 0.251 e. The first-order chi connectivity index (χ1) is 11.9. The largest absolute Gasteiger partial charge is 0.348 e. The van der Waals surface area contributed by atoms with Crippen molar-refractivity contribution < 1.29 is 17.6 Å². The fraction of sp³-hybridized carbons (Fsp3) is 0.235. The van der Waals surface area contributed by atoms with Gasteiger partial charge in [0.25, 0.3) is 5.91 Å². The molecular weight excluding hydrogens is 367 g/mol. The van der Waals surface area contributed by atoms with E-state index in [1.54, 1.807) is 24.3 Å². The smallest absolute Gasteiger partial charge is 0.251 e. The van der Waals surface area contributed by atoms with E-state index in [1.807, 2.05) is 0 Å². The maximum absolute atomic E-state index is 13.9. The highest BCUT2D eigenvalue weighted by Crippen LogP contribution is 2.24. The number of halogens is 2. The lowest BCUT2D eigenvalue weighted by molar-refractivity contribution is 0.0950. The first kappa shape index (κ1) is 17.8. The molecule has 0 unspecified atom stereocenters. The third kappa shape index (κ3) is 4.36. The molecule has 8 heteroatoms. The second-order valence-corrected chi connectivity index (χ2v) is 7.90. The molecule has 0 aliphatic heterocycles. The van der Waals surface area contributed by atoms with E-state index < -0.39 is 26.6 Å². The molecule has 1 saturated carbocycles. The van der Waals surface area contributed by atoms with Crippen molar-refractivity contribution in [3.63, 3.8) is 0 Å². The van der Waals surface area contributed by atoms with Gasteiger partial charge in [-0.15, -0.1) is 0 Å². The lowest BCUT2D eigenvalue weighted by Crippen LogP contribution is -2.28. The lowest BCUT2D eigenvalue weighted by atomic mass is 10.2. The monoisotopic (exact) mass is 382 g/mol. The number of nitrogens with one attached hydrogen (secondary N) is 2. The number of amides is 1. The van der Waals surface area contributed by atoms with Gasteiger partial charge in [0.05, 0.1) is 0 Å². The second-order valence-electron chi connectivity index (χ2n) is 5.81. The van der Waals surface area contributed by atoms with E-state index in [4.69, 9.17) is 11.6 Å². The number of hydrogen-bond acceptors (Lipinski definition) is 3. The molecule has 1 aliphatic carbocycles. The predicted molar refractivity (Wildman–Crippen MR) is 92.4 cm³/mol. The average molecular weight is 383 g/mol. The molecule has 5 nitrogen and oxygen atoms in total. The minimum Gasteiger partial charge on any atom is -0.348 e. The molecule has 2 aromatic rings. The number of carbonyl (C=O) groups excluding carboxylic acids is 1. The van der Waals surface area contributed by atoms with Crippen molar-refractivity contribution in [3.05, 3.63) is 64.4 Å². The summed E-state index contributed by atoms with van der Waals surface area (Å²) in [5, 5.41) is 3.16. The summed E-state index contributed by atoms with van der Waals surface area (Å²) in [5.74, 6) is -1.40. The van der Waals surface area contributed by atoms with Crippen LogP contribution >= 0.6 is 11.6 Å². The van der Waals surface area contributed by atoms with Crippen molar-refractivity contribution in [1.29, 1.82) is 0 Å². The highest BCUT2D eigenvalue weighted by molar-refractivity contribution is 7.89. The van der Waals surface area contributed by atoms with Crippen LogP contribution in [0.15, 0.2) is 47.4 Å². The first-order valence-electron chi connectivity index (χ1n) is 7.70. The van der Waals surface area contributed by atoms with Gasteiger partial charge in [0.15, 0.2) is 0 Å². The van der Waals surface area contributed by atoms with Gasteiger partial charge in [-0.05, 0) is 42.7 Å². The molecule has 25 heavy (non-hydrogen) atoms. The number of benzene rings is 2. The van der Waals surface area contributed by atoms with E-state index >= 15 is 0 Å². The average Bonchev–Trinajstić information content (AvgIpc) is 3.37. The van der Waals surface area contributed by atoms with Gasteiger partial charge in [0.2, 0.25) is 10.0 Å². The summed E-state index contributed by atoms with van der Waals surface area (Å²) < 4.78 is 40.7. The van der Waals surface area contributed by atoms with Crippen molar-refractivity contribution in [3.8, 4) is 0 Å². The Morgan fingerprint density at radius 3 is 2.60 bits per heavy atom. The van der Waals surface area contributed by atoms with Gasteiger partial charge in [-0.1, -0.05) is 29.8 Å². The van der Waals surface area contributed by atoms with Crippen LogP contribution in [0.4, 0.5) is 4.39 Å². The van der Waals surface area contributed by atoms with Crippen LogP contribution in [-0.4, -0.2) is 20.4 Å². The topological polar surface area (TPSA) is 75.3 Å². The Morgan fingerprint density at radius 1 is 1.20 bits per heavy atom. The van der Waals surface area contributed by atoms with Crippen LogP contribution in [-0.2, 0) is 16.6 Å². The molecule has 2 aromatic carbocycles. The summed E-state index contributed by atoms with van der Waals surface area (Å²) in [6.45, 7) is 0.179. The number of rotatable bonds is 6. The fourth-order valence-corrected chi connectivity index (χ4v) is 3.86. The Hall–Kier alpha value is -1.96. The quantitative estimate of drug-likeness (QED) is 0.806. The lowest BCUT2D eigenvalue weighted by Gasteiger charge is -2.10. The Labute approximate surface area is 150 Å². The van der Waals surface area contributed by atoms with Gasteiger partial charge in [0.1, 0.15) is 10.7 Å². The molecular formula is C17H16ClFN2O3S. The van der Waals surface area contributed by atoms with Crippen molar-refractivity contribution in [2.75, 3.05) is 0 Å². The van der Waals surface area contributed by atoms with Crippen LogP contribution in [0.1, 0.15) is 28.8 Å². The highest BCUT2D eigenvalue weighted by atomic mass is 35.5. The van der Waals surface area contributed by atoms with E-state index in [0.29, 0.717) is 5.02 Å². The minimum atomic E-state index is -3.98. The number of sulfonamides is 1. The minimum absolute atomic E-state index is 0.0598. The molecule has 3 rings (SSSR count). The zero-order valence-corrected chi connectivity index (χ0v) is 14.7. The predicted octanol–water partition coefficient (Wildman–Crippen LogP) is 2.85. The summed E-state index contributed by atoms with van der Waals surface area (Å²) in [7, 11) is -3.98. The molecule has 0 atom stereocenters. The van der Waals surface area contributed by atoms with Gasteiger partial charge in [-0.2, -0.15) is 0 Å². The van der Waals surface area contributed by atoms with Crippen molar-refractivity contribution in [2.45, 2.75) is 30.3 Å². The number of hydrogen-bond donors (Lipinski definition) is 2. The zero-order valence-electron chi connectivity index (χ0n) is 13.1.